The molecule has 9 nitrogen and oxygen atoms in total. The fourth-order valence-corrected chi connectivity index (χ4v) is 4.41. The number of nitrogens with zero attached hydrogens (tertiary/aromatic N) is 2. The Bertz CT molecular complexity index is 1300. The third kappa shape index (κ3) is 9.86. The van der Waals surface area contributed by atoms with Crippen LogP contribution in [0.4, 0.5) is 33.7 Å². The van der Waals surface area contributed by atoms with Crippen molar-refractivity contribution in [2.75, 3.05) is 55.1 Å². The Hall–Kier alpha value is -3.10. The van der Waals surface area contributed by atoms with E-state index in [1.54, 1.807) is 23.1 Å². The Balaban J connectivity index is 1.62. The number of benzene rings is 2. The minimum absolute atomic E-state index is 0.0907. The number of rotatable bonds is 9. The number of carbonyl (C=O) groups excluding carboxylic acids is 2. The quantitative estimate of drug-likeness (QED) is 0.383. The smallest absolute Gasteiger partial charge is 0.367 e. The number of sulfone groups is 1. The average Bonchev–Trinajstić information content (AvgIpc) is 2.85. The van der Waals surface area contributed by atoms with Crippen molar-refractivity contribution in [3.8, 4) is 0 Å². The van der Waals surface area contributed by atoms with Crippen LogP contribution in [0.15, 0.2) is 36.4 Å². The highest BCUT2D eigenvalue weighted by Gasteiger charge is 2.29. The molecule has 0 radical (unpaired) electrons. The van der Waals surface area contributed by atoms with E-state index in [1.165, 1.54) is 12.1 Å². The summed E-state index contributed by atoms with van der Waals surface area (Å²) in [6.45, 7) is 1.42. The molecule has 1 aliphatic heterocycles. The summed E-state index contributed by atoms with van der Waals surface area (Å²) in [5, 5.41) is 7.62. The van der Waals surface area contributed by atoms with Gasteiger partial charge in [-0.3, -0.25) is 9.69 Å². The van der Waals surface area contributed by atoms with E-state index in [0.717, 1.165) is 12.3 Å². The van der Waals surface area contributed by atoms with Crippen LogP contribution in [0.2, 0.25) is 5.02 Å². The molecule has 15 heteroatoms. The van der Waals surface area contributed by atoms with E-state index in [9.17, 15) is 35.6 Å². The lowest BCUT2D eigenvalue weighted by molar-refractivity contribution is -0.138. The zero-order valence-corrected chi connectivity index (χ0v) is 22.5. The van der Waals surface area contributed by atoms with Gasteiger partial charge in [0.1, 0.15) is 11.7 Å². The Morgan fingerprint density at radius 2 is 1.72 bits per heavy atom. The van der Waals surface area contributed by atoms with Crippen LogP contribution in [0.3, 0.4) is 0 Å². The number of amides is 3. The molecule has 0 unspecified atom stereocenters. The van der Waals surface area contributed by atoms with E-state index < -0.39 is 46.1 Å². The second-order valence-electron chi connectivity index (χ2n) is 9.05. The lowest BCUT2D eigenvalue weighted by Crippen LogP contribution is -2.47. The lowest BCUT2D eigenvalue weighted by atomic mass is 10.1. The van der Waals surface area contributed by atoms with E-state index in [1.807, 2.05) is 4.90 Å². The number of anilines is 2. The van der Waals surface area contributed by atoms with Gasteiger partial charge in [-0.05, 0) is 35.9 Å². The zero-order chi connectivity index (χ0) is 28.8. The number of urea groups is 1. The molecule has 2 aromatic carbocycles. The topological polar surface area (TPSA) is 111 Å². The van der Waals surface area contributed by atoms with Crippen molar-refractivity contribution in [1.82, 2.24) is 15.5 Å². The van der Waals surface area contributed by atoms with Crippen molar-refractivity contribution in [3.05, 3.63) is 58.4 Å². The van der Waals surface area contributed by atoms with Crippen molar-refractivity contribution in [3.63, 3.8) is 0 Å². The van der Waals surface area contributed by atoms with E-state index in [2.05, 4.69) is 16.0 Å². The van der Waals surface area contributed by atoms with Gasteiger partial charge in [0.25, 0.3) is 5.91 Å². The van der Waals surface area contributed by atoms with E-state index in [4.69, 9.17) is 11.6 Å². The van der Waals surface area contributed by atoms with Crippen LogP contribution in [0.5, 0.6) is 0 Å². The highest BCUT2D eigenvalue weighted by molar-refractivity contribution is 7.90. The molecule has 0 spiro atoms. The van der Waals surface area contributed by atoms with E-state index >= 15 is 0 Å². The number of nitrogens with one attached hydrogen (secondary N) is 3. The number of hydrogen-bond donors (Lipinski definition) is 3. The van der Waals surface area contributed by atoms with Gasteiger partial charge in [-0.2, -0.15) is 13.2 Å². The molecule has 0 aliphatic carbocycles. The summed E-state index contributed by atoms with van der Waals surface area (Å²) in [6.07, 6.45) is -4.15. The minimum atomic E-state index is -4.22. The molecule has 0 aromatic heterocycles. The first-order valence-electron chi connectivity index (χ1n) is 11.8. The highest BCUT2D eigenvalue weighted by Crippen LogP contribution is 2.31. The third-order valence-corrected chi connectivity index (χ3v) is 6.76. The number of halogens is 5. The van der Waals surface area contributed by atoms with Crippen LogP contribution in [-0.2, 0) is 16.4 Å². The molecule has 0 bridgehead atoms. The number of carbonyl (C=O) groups is 2. The molecule has 39 heavy (non-hydrogen) atoms. The third-order valence-electron chi connectivity index (χ3n) is 5.86. The Kier molecular flexibility index (Phi) is 10.0. The van der Waals surface area contributed by atoms with Crippen LogP contribution < -0.4 is 20.9 Å². The van der Waals surface area contributed by atoms with Crippen molar-refractivity contribution in [2.45, 2.75) is 19.1 Å². The standard InChI is InChI=1S/C24H28ClF4N5O4S/c1-39(37,38)15-31-23(36)30-14-16-2-4-18(19(26)12-16)22(35)32-20-5-3-17(25)13-21(20)34-10-8-33(9-11-34)7-6-24(27,28)29/h2-5,12-13H,6-11,14-15H2,1H3,(H,32,35)(H2,30,31,36). The summed E-state index contributed by atoms with van der Waals surface area (Å²) in [4.78, 5) is 28.2. The predicted octanol–water partition coefficient (Wildman–Crippen LogP) is 3.61. The molecular formula is C24H28ClF4N5O4S. The maximum Gasteiger partial charge on any atom is 0.390 e. The average molecular weight is 594 g/mol. The van der Waals surface area contributed by atoms with Gasteiger partial charge in [-0.1, -0.05) is 17.7 Å². The van der Waals surface area contributed by atoms with Gasteiger partial charge in [0.05, 0.1) is 23.4 Å². The van der Waals surface area contributed by atoms with E-state index in [-0.39, 0.29) is 18.7 Å². The summed E-state index contributed by atoms with van der Waals surface area (Å²) in [7, 11) is -3.40. The zero-order valence-electron chi connectivity index (χ0n) is 20.9. The maximum absolute atomic E-state index is 14.8. The van der Waals surface area contributed by atoms with Gasteiger partial charge >= 0.3 is 12.2 Å². The van der Waals surface area contributed by atoms with E-state index in [0.29, 0.717) is 48.1 Å². The number of hydrogen-bond acceptors (Lipinski definition) is 6. The van der Waals surface area contributed by atoms with Crippen molar-refractivity contribution in [1.29, 1.82) is 0 Å². The number of alkyl halides is 3. The van der Waals surface area contributed by atoms with Gasteiger partial charge in [0.15, 0.2) is 9.84 Å². The highest BCUT2D eigenvalue weighted by atomic mass is 35.5. The summed E-state index contributed by atoms with van der Waals surface area (Å²) in [6, 6.07) is 7.77. The largest absolute Gasteiger partial charge is 0.390 e. The Labute approximate surface area is 228 Å². The normalized spacial score (nSPS) is 14.7. The minimum Gasteiger partial charge on any atom is -0.367 e. The van der Waals surface area contributed by atoms with Gasteiger partial charge in [-0.25, -0.2) is 17.6 Å². The fraction of sp³-hybridized carbons (Fsp3) is 0.417. The molecule has 0 atom stereocenters. The molecule has 1 heterocycles. The molecule has 3 amide bonds. The SMILES string of the molecule is CS(=O)(=O)CNC(=O)NCc1ccc(C(=O)Nc2ccc(Cl)cc2N2CCN(CCC(F)(F)F)CC2)c(F)c1. The summed E-state index contributed by atoms with van der Waals surface area (Å²) in [5.74, 6) is -2.12. The molecular weight excluding hydrogens is 566 g/mol. The monoisotopic (exact) mass is 593 g/mol. The van der Waals surface area contributed by atoms with Gasteiger partial charge < -0.3 is 20.9 Å². The van der Waals surface area contributed by atoms with Crippen molar-refractivity contribution >= 4 is 44.8 Å². The first kappa shape index (κ1) is 30.4. The van der Waals surface area contributed by atoms with Crippen LogP contribution in [0.1, 0.15) is 22.3 Å². The molecule has 3 rings (SSSR count). The van der Waals surface area contributed by atoms with Crippen LogP contribution in [0.25, 0.3) is 0 Å². The van der Waals surface area contributed by atoms with Gasteiger partial charge in [0, 0.05) is 50.5 Å². The predicted molar refractivity (Wildman–Crippen MR) is 140 cm³/mol. The Morgan fingerprint density at radius 3 is 2.33 bits per heavy atom. The molecule has 214 valence electrons. The van der Waals surface area contributed by atoms with Gasteiger partial charge in [-0.15, -0.1) is 0 Å². The fourth-order valence-electron chi connectivity index (χ4n) is 3.85. The summed E-state index contributed by atoms with van der Waals surface area (Å²) in [5.41, 5.74) is 1.01. The molecule has 1 fully saturated rings. The van der Waals surface area contributed by atoms with Crippen LogP contribution >= 0.6 is 11.6 Å². The van der Waals surface area contributed by atoms with Gasteiger partial charge in [0.2, 0.25) is 0 Å². The summed E-state index contributed by atoms with van der Waals surface area (Å²) >= 11 is 6.16. The number of piperazine rings is 1. The molecule has 1 aliphatic rings. The molecule has 2 aromatic rings. The lowest BCUT2D eigenvalue weighted by Gasteiger charge is -2.37. The molecule has 0 saturated carbocycles. The Morgan fingerprint density at radius 1 is 1.03 bits per heavy atom. The first-order valence-corrected chi connectivity index (χ1v) is 14.3. The second-order valence-corrected chi connectivity index (χ2v) is 11.6. The first-order chi connectivity index (χ1) is 18.2. The summed E-state index contributed by atoms with van der Waals surface area (Å²) < 4.78 is 74.6. The molecule has 1 saturated heterocycles. The van der Waals surface area contributed by atoms with Crippen LogP contribution in [-0.4, -0.2) is 76.3 Å². The van der Waals surface area contributed by atoms with Crippen molar-refractivity contribution < 1.29 is 35.6 Å². The maximum atomic E-state index is 14.8. The van der Waals surface area contributed by atoms with Crippen molar-refractivity contribution in [2.24, 2.45) is 0 Å². The van der Waals surface area contributed by atoms with Crippen LogP contribution in [0, 0.1) is 5.82 Å². The second kappa shape index (κ2) is 12.8. The molecule has 3 N–H and O–H groups in total.